The van der Waals surface area contributed by atoms with E-state index in [9.17, 15) is 14.9 Å². The SMILES string of the molecule is O=c1c([N+](=O)[O-])cnc2cc(Br)[nH]n12. The summed E-state index contributed by atoms with van der Waals surface area (Å²) in [6.07, 6.45) is 0.942. The summed E-state index contributed by atoms with van der Waals surface area (Å²) in [5.41, 5.74) is -0.963. The molecule has 0 saturated carbocycles. The number of nitrogens with one attached hydrogen (secondary N) is 1. The Morgan fingerprint density at radius 2 is 2.36 bits per heavy atom. The normalized spacial score (nSPS) is 10.6. The fourth-order valence-corrected chi connectivity index (χ4v) is 1.43. The molecule has 14 heavy (non-hydrogen) atoms. The van der Waals surface area contributed by atoms with Crippen molar-refractivity contribution in [3.63, 3.8) is 0 Å². The molecule has 2 rings (SSSR count). The molecular weight excluding hydrogens is 256 g/mol. The molecule has 0 fully saturated rings. The maximum Gasteiger partial charge on any atom is 0.354 e. The van der Waals surface area contributed by atoms with Gasteiger partial charge < -0.3 is 0 Å². The second-order valence-electron chi connectivity index (χ2n) is 2.50. The lowest BCUT2D eigenvalue weighted by molar-refractivity contribution is -0.386. The molecule has 0 aliphatic carbocycles. The van der Waals surface area contributed by atoms with Crippen molar-refractivity contribution < 1.29 is 4.92 Å². The van der Waals surface area contributed by atoms with Crippen LogP contribution >= 0.6 is 15.9 Å². The van der Waals surface area contributed by atoms with Gasteiger partial charge in [0, 0.05) is 6.07 Å². The molecule has 8 heteroatoms. The van der Waals surface area contributed by atoms with Crippen LogP contribution in [0.5, 0.6) is 0 Å². The van der Waals surface area contributed by atoms with Gasteiger partial charge in [0.15, 0.2) is 5.65 Å². The minimum Gasteiger partial charge on any atom is -0.282 e. The first-order chi connectivity index (χ1) is 6.59. The van der Waals surface area contributed by atoms with Gasteiger partial charge >= 0.3 is 11.2 Å². The Kier molecular flexibility index (Phi) is 1.84. The molecule has 0 aliphatic heterocycles. The highest BCUT2D eigenvalue weighted by molar-refractivity contribution is 9.10. The lowest BCUT2D eigenvalue weighted by Gasteiger charge is -1.91. The molecule has 0 radical (unpaired) electrons. The van der Waals surface area contributed by atoms with Crippen LogP contribution < -0.4 is 5.56 Å². The zero-order chi connectivity index (χ0) is 10.3. The van der Waals surface area contributed by atoms with Crippen molar-refractivity contribution in [3.05, 3.63) is 37.3 Å². The van der Waals surface area contributed by atoms with Crippen molar-refractivity contribution in [1.82, 2.24) is 14.6 Å². The molecule has 0 unspecified atom stereocenters. The molecule has 1 N–H and O–H groups in total. The van der Waals surface area contributed by atoms with Gasteiger partial charge in [-0.2, -0.15) is 4.52 Å². The Hall–Kier alpha value is -1.70. The second kappa shape index (κ2) is 2.91. The summed E-state index contributed by atoms with van der Waals surface area (Å²) in [6, 6.07) is 1.55. The van der Waals surface area contributed by atoms with Crippen LogP contribution in [0, 0.1) is 10.1 Å². The van der Waals surface area contributed by atoms with Crippen LogP contribution in [0.4, 0.5) is 5.69 Å². The number of nitrogens with zero attached hydrogens (tertiary/aromatic N) is 3. The van der Waals surface area contributed by atoms with E-state index in [-0.39, 0.29) is 0 Å². The largest absolute Gasteiger partial charge is 0.354 e. The summed E-state index contributed by atoms with van der Waals surface area (Å²) in [5, 5.41) is 13.0. The Bertz CT molecular complexity index is 572. The van der Waals surface area contributed by atoms with E-state index < -0.39 is 16.2 Å². The summed E-state index contributed by atoms with van der Waals surface area (Å²) in [6.45, 7) is 0. The van der Waals surface area contributed by atoms with E-state index >= 15 is 0 Å². The number of halogens is 1. The maximum atomic E-state index is 11.4. The fraction of sp³-hybridized carbons (Fsp3) is 0. The Balaban J connectivity index is 2.88. The van der Waals surface area contributed by atoms with E-state index in [1.54, 1.807) is 6.07 Å². The third-order valence-corrected chi connectivity index (χ3v) is 2.05. The zero-order valence-corrected chi connectivity index (χ0v) is 8.19. The molecule has 0 atom stereocenters. The van der Waals surface area contributed by atoms with E-state index in [1.807, 2.05) is 0 Å². The van der Waals surface area contributed by atoms with Gasteiger partial charge in [0.1, 0.15) is 10.8 Å². The average Bonchev–Trinajstić information content (AvgIpc) is 2.46. The molecule has 0 spiro atoms. The molecule has 0 aromatic carbocycles. The van der Waals surface area contributed by atoms with E-state index in [2.05, 4.69) is 26.0 Å². The summed E-state index contributed by atoms with van der Waals surface area (Å²) >= 11 is 3.10. The van der Waals surface area contributed by atoms with Crippen LogP contribution in [0.3, 0.4) is 0 Å². The molecule has 2 heterocycles. The lowest BCUT2D eigenvalue weighted by atomic mass is 10.5. The smallest absolute Gasteiger partial charge is 0.282 e. The van der Waals surface area contributed by atoms with Gasteiger partial charge in [0.2, 0.25) is 0 Å². The highest BCUT2D eigenvalue weighted by Crippen LogP contribution is 2.09. The molecule has 0 aliphatic rings. The fourth-order valence-electron chi connectivity index (χ4n) is 1.05. The Morgan fingerprint density at radius 3 is 3.00 bits per heavy atom. The average molecular weight is 259 g/mol. The van der Waals surface area contributed by atoms with Gasteiger partial charge in [-0.05, 0) is 15.9 Å². The van der Waals surface area contributed by atoms with Crippen LogP contribution in [0.2, 0.25) is 0 Å². The second-order valence-corrected chi connectivity index (χ2v) is 3.36. The van der Waals surface area contributed by atoms with Gasteiger partial charge in [-0.3, -0.25) is 20.0 Å². The van der Waals surface area contributed by atoms with Crippen LogP contribution in [-0.4, -0.2) is 19.5 Å². The van der Waals surface area contributed by atoms with E-state index in [0.29, 0.717) is 10.3 Å². The van der Waals surface area contributed by atoms with Crippen molar-refractivity contribution in [2.75, 3.05) is 0 Å². The van der Waals surface area contributed by atoms with Crippen molar-refractivity contribution in [2.24, 2.45) is 0 Å². The third kappa shape index (κ3) is 1.20. The van der Waals surface area contributed by atoms with Crippen molar-refractivity contribution in [3.8, 4) is 0 Å². The molecule has 0 saturated heterocycles. The lowest BCUT2D eigenvalue weighted by Crippen LogP contribution is -2.18. The molecule has 7 nitrogen and oxygen atoms in total. The first-order valence-electron chi connectivity index (χ1n) is 3.50. The molecule has 2 aromatic rings. The van der Waals surface area contributed by atoms with Crippen molar-refractivity contribution in [2.45, 2.75) is 0 Å². The molecule has 2 aromatic heterocycles. The number of rotatable bonds is 1. The molecule has 0 bridgehead atoms. The summed E-state index contributed by atoms with van der Waals surface area (Å²) in [7, 11) is 0. The number of hydrogen-bond acceptors (Lipinski definition) is 4. The number of hydrogen-bond donors (Lipinski definition) is 1. The van der Waals surface area contributed by atoms with Crippen LogP contribution in [0.1, 0.15) is 0 Å². The minimum atomic E-state index is -0.767. The highest BCUT2D eigenvalue weighted by atomic mass is 79.9. The topological polar surface area (TPSA) is 93.3 Å². The number of nitro groups is 1. The highest BCUT2D eigenvalue weighted by Gasteiger charge is 2.15. The van der Waals surface area contributed by atoms with Crippen molar-refractivity contribution in [1.29, 1.82) is 0 Å². The Labute approximate surface area is 84.6 Å². The maximum absolute atomic E-state index is 11.4. The van der Waals surface area contributed by atoms with Gasteiger partial charge in [0.25, 0.3) is 0 Å². The van der Waals surface area contributed by atoms with Crippen LogP contribution in [0.25, 0.3) is 5.65 Å². The molecule has 72 valence electrons. The first-order valence-corrected chi connectivity index (χ1v) is 4.29. The summed E-state index contributed by atoms with van der Waals surface area (Å²) in [5.74, 6) is 0. The Morgan fingerprint density at radius 1 is 1.64 bits per heavy atom. The standard InChI is InChI=1S/C6H3BrN4O3/c7-4-1-5-8-2-3(11(13)14)6(12)10(5)9-4/h1-2,9H. The summed E-state index contributed by atoms with van der Waals surface area (Å²) in [4.78, 5) is 24.8. The van der Waals surface area contributed by atoms with Gasteiger partial charge in [-0.25, -0.2) is 4.98 Å². The quantitative estimate of drug-likeness (QED) is 0.602. The first kappa shape index (κ1) is 8.88. The third-order valence-electron chi connectivity index (χ3n) is 1.64. The number of H-pyrrole nitrogens is 1. The number of aromatic amines is 1. The number of fused-ring (bicyclic) bond motifs is 1. The minimum absolute atomic E-state index is 0.326. The predicted octanol–water partition coefficient (Wildman–Crippen LogP) is 0.693. The van der Waals surface area contributed by atoms with E-state index in [4.69, 9.17) is 0 Å². The summed E-state index contributed by atoms with van der Waals surface area (Å²) < 4.78 is 1.53. The van der Waals surface area contributed by atoms with Crippen molar-refractivity contribution >= 4 is 27.3 Å². The predicted molar refractivity (Wildman–Crippen MR) is 50.2 cm³/mol. The molecular formula is C6H3BrN4O3. The molecule has 0 amide bonds. The number of aromatic nitrogens is 3. The van der Waals surface area contributed by atoms with Gasteiger partial charge in [0.05, 0.1) is 4.92 Å². The van der Waals surface area contributed by atoms with E-state index in [1.165, 1.54) is 0 Å². The monoisotopic (exact) mass is 258 g/mol. The zero-order valence-electron chi connectivity index (χ0n) is 6.60. The van der Waals surface area contributed by atoms with Crippen LogP contribution in [0.15, 0.2) is 21.7 Å². The van der Waals surface area contributed by atoms with E-state index in [0.717, 1.165) is 10.7 Å². The van der Waals surface area contributed by atoms with Gasteiger partial charge in [-0.15, -0.1) is 0 Å². The van der Waals surface area contributed by atoms with Gasteiger partial charge in [-0.1, -0.05) is 0 Å². The van der Waals surface area contributed by atoms with Crippen LogP contribution in [-0.2, 0) is 0 Å².